The molecule has 2 rings (SSSR count). The Morgan fingerprint density at radius 1 is 1.33 bits per heavy atom. The van der Waals surface area contributed by atoms with Crippen molar-refractivity contribution in [1.82, 2.24) is 25.5 Å². The molecule has 1 saturated carbocycles. The van der Waals surface area contributed by atoms with E-state index in [1.807, 2.05) is 7.05 Å². The second-order valence-corrected chi connectivity index (χ2v) is 5.70. The normalized spacial score (nSPS) is 16.5. The number of aryl methyl sites for hydroxylation is 1. The van der Waals surface area contributed by atoms with Crippen LogP contribution in [-0.2, 0) is 7.05 Å². The van der Waals surface area contributed by atoms with Gasteiger partial charge in [-0.15, -0.1) is 17.5 Å². The molecular formula is C11H22ClN5S. The molecule has 1 aliphatic rings. The number of aromatic nitrogens is 4. The van der Waals surface area contributed by atoms with Crippen molar-refractivity contribution in [2.75, 3.05) is 18.8 Å². The number of halogens is 1. The highest BCUT2D eigenvalue weighted by molar-refractivity contribution is 7.99. The molecule has 0 aromatic carbocycles. The number of nitrogens with one attached hydrogen (secondary N) is 1. The Hall–Kier alpha value is -0.330. The molecule has 0 unspecified atom stereocenters. The second kappa shape index (κ2) is 8.72. The molecule has 0 aliphatic heterocycles. The van der Waals surface area contributed by atoms with E-state index in [1.54, 1.807) is 16.4 Å². The predicted molar refractivity (Wildman–Crippen MR) is 76.2 cm³/mol. The van der Waals surface area contributed by atoms with Crippen molar-refractivity contribution in [1.29, 1.82) is 0 Å². The predicted octanol–water partition coefficient (Wildman–Crippen LogP) is 1.89. The van der Waals surface area contributed by atoms with Crippen LogP contribution in [0.1, 0.15) is 32.1 Å². The average molecular weight is 292 g/mol. The molecule has 1 heterocycles. The maximum absolute atomic E-state index is 3.94. The first kappa shape index (κ1) is 15.7. The van der Waals surface area contributed by atoms with Crippen LogP contribution in [0.15, 0.2) is 5.16 Å². The van der Waals surface area contributed by atoms with Gasteiger partial charge in [0, 0.05) is 19.3 Å². The number of rotatable bonds is 6. The Kier molecular flexibility index (Phi) is 7.62. The van der Waals surface area contributed by atoms with Crippen molar-refractivity contribution < 1.29 is 0 Å². The van der Waals surface area contributed by atoms with Gasteiger partial charge in [0.05, 0.1) is 0 Å². The summed E-state index contributed by atoms with van der Waals surface area (Å²) in [7, 11) is 1.87. The molecule has 5 nitrogen and oxygen atoms in total. The van der Waals surface area contributed by atoms with E-state index in [0.717, 1.165) is 23.4 Å². The molecule has 1 aromatic rings. The largest absolute Gasteiger partial charge is 0.316 e. The molecular weight excluding hydrogens is 270 g/mol. The molecule has 0 atom stereocenters. The molecule has 1 fully saturated rings. The van der Waals surface area contributed by atoms with Gasteiger partial charge >= 0.3 is 0 Å². The maximum atomic E-state index is 3.94. The lowest BCUT2D eigenvalue weighted by molar-refractivity contribution is 0.345. The van der Waals surface area contributed by atoms with Crippen LogP contribution in [0, 0.1) is 5.92 Å². The topological polar surface area (TPSA) is 55.6 Å². The van der Waals surface area contributed by atoms with E-state index in [9.17, 15) is 0 Å². The maximum Gasteiger partial charge on any atom is 0.209 e. The summed E-state index contributed by atoms with van der Waals surface area (Å²) in [6, 6.07) is 0. The van der Waals surface area contributed by atoms with E-state index in [1.165, 1.54) is 38.6 Å². The standard InChI is InChI=1S/C11H21N5S.ClH/c1-16-11(13-14-15-16)17-8-7-12-9-10-5-3-2-4-6-10;/h10,12H,2-9H2,1H3;1H. The summed E-state index contributed by atoms with van der Waals surface area (Å²) in [5.74, 6) is 1.94. The van der Waals surface area contributed by atoms with Crippen LogP contribution in [0.5, 0.6) is 0 Å². The summed E-state index contributed by atoms with van der Waals surface area (Å²) < 4.78 is 1.71. The molecule has 7 heteroatoms. The second-order valence-electron chi connectivity index (χ2n) is 4.64. The quantitative estimate of drug-likeness (QED) is 0.641. The fourth-order valence-corrected chi connectivity index (χ4v) is 3.00. The van der Waals surface area contributed by atoms with Gasteiger partial charge in [0.2, 0.25) is 5.16 Å². The highest BCUT2D eigenvalue weighted by Crippen LogP contribution is 2.22. The van der Waals surface area contributed by atoms with Gasteiger partial charge in [0.1, 0.15) is 0 Å². The van der Waals surface area contributed by atoms with Crippen molar-refractivity contribution in [3.8, 4) is 0 Å². The van der Waals surface area contributed by atoms with Crippen LogP contribution in [-0.4, -0.2) is 39.0 Å². The molecule has 104 valence electrons. The molecule has 0 spiro atoms. The molecule has 18 heavy (non-hydrogen) atoms. The van der Waals surface area contributed by atoms with Gasteiger partial charge in [-0.3, -0.25) is 0 Å². The average Bonchev–Trinajstić information content (AvgIpc) is 2.76. The zero-order valence-electron chi connectivity index (χ0n) is 10.8. The molecule has 1 N–H and O–H groups in total. The summed E-state index contributed by atoms with van der Waals surface area (Å²) >= 11 is 1.70. The van der Waals surface area contributed by atoms with Gasteiger partial charge in [-0.05, 0) is 35.7 Å². The fraction of sp³-hybridized carbons (Fsp3) is 0.909. The third kappa shape index (κ3) is 5.12. The summed E-state index contributed by atoms with van der Waals surface area (Å²) in [6.45, 7) is 2.21. The SMILES string of the molecule is Cl.Cn1nnnc1SCCNCC1CCCCC1. The Labute approximate surface area is 119 Å². The zero-order chi connectivity index (χ0) is 11.9. The lowest BCUT2D eigenvalue weighted by Gasteiger charge is -2.21. The van der Waals surface area contributed by atoms with Gasteiger partial charge in [-0.25, -0.2) is 4.68 Å². The van der Waals surface area contributed by atoms with E-state index in [2.05, 4.69) is 20.8 Å². The van der Waals surface area contributed by atoms with Crippen molar-refractivity contribution in [2.45, 2.75) is 37.3 Å². The van der Waals surface area contributed by atoms with Crippen LogP contribution >= 0.6 is 24.2 Å². The van der Waals surface area contributed by atoms with Gasteiger partial charge in [-0.2, -0.15) is 0 Å². The number of hydrogen-bond acceptors (Lipinski definition) is 5. The third-order valence-electron chi connectivity index (χ3n) is 3.25. The summed E-state index contributed by atoms with van der Waals surface area (Å²) in [5, 5.41) is 15.8. The summed E-state index contributed by atoms with van der Waals surface area (Å²) in [5.41, 5.74) is 0. The van der Waals surface area contributed by atoms with Crippen LogP contribution in [0.25, 0.3) is 0 Å². The van der Waals surface area contributed by atoms with Crippen LogP contribution in [0.2, 0.25) is 0 Å². The Balaban J connectivity index is 0.00000162. The van der Waals surface area contributed by atoms with Crippen molar-refractivity contribution in [3.63, 3.8) is 0 Å². The van der Waals surface area contributed by atoms with Gasteiger partial charge in [0.15, 0.2) is 0 Å². The van der Waals surface area contributed by atoms with E-state index < -0.39 is 0 Å². The Bertz CT molecular complexity index is 327. The van der Waals surface area contributed by atoms with Gasteiger partial charge < -0.3 is 5.32 Å². The number of tetrazole rings is 1. The monoisotopic (exact) mass is 291 g/mol. The highest BCUT2D eigenvalue weighted by Gasteiger charge is 2.12. The van der Waals surface area contributed by atoms with E-state index in [0.29, 0.717) is 0 Å². The molecule has 0 amide bonds. The number of nitrogens with zero attached hydrogens (tertiary/aromatic N) is 4. The highest BCUT2D eigenvalue weighted by atomic mass is 35.5. The van der Waals surface area contributed by atoms with Crippen LogP contribution in [0.3, 0.4) is 0 Å². The molecule has 0 bridgehead atoms. The first-order chi connectivity index (χ1) is 8.36. The molecule has 1 aliphatic carbocycles. The fourth-order valence-electron chi connectivity index (χ4n) is 2.26. The van der Waals surface area contributed by atoms with Gasteiger partial charge in [-0.1, -0.05) is 31.0 Å². The lowest BCUT2D eigenvalue weighted by Crippen LogP contribution is -2.26. The first-order valence-corrected chi connectivity index (χ1v) is 7.40. The summed E-state index contributed by atoms with van der Waals surface area (Å²) in [4.78, 5) is 0. The molecule has 0 saturated heterocycles. The molecule has 1 aromatic heterocycles. The minimum atomic E-state index is 0. The van der Waals surface area contributed by atoms with E-state index in [-0.39, 0.29) is 12.4 Å². The number of hydrogen-bond donors (Lipinski definition) is 1. The number of thioether (sulfide) groups is 1. The first-order valence-electron chi connectivity index (χ1n) is 6.42. The lowest BCUT2D eigenvalue weighted by atomic mass is 9.89. The molecule has 0 radical (unpaired) electrons. The van der Waals surface area contributed by atoms with Crippen molar-refractivity contribution in [3.05, 3.63) is 0 Å². The van der Waals surface area contributed by atoms with E-state index >= 15 is 0 Å². The van der Waals surface area contributed by atoms with E-state index in [4.69, 9.17) is 0 Å². The van der Waals surface area contributed by atoms with Crippen LogP contribution in [0.4, 0.5) is 0 Å². The van der Waals surface area contributed by atoms with Gasteiger partial charge in [0.25, 0.3) is 0 Å². The smallest absolute Gasteiger partial charge is 0.209 e. The van der Waals surface area contributed by atoms with Crippen LogP contribution < -0.4 is 5.32 Å². The zero-order valence-corrected chi connectivity index (χ0v) is 12.5. The third-order valence-corrected chi connectivity index (χ3v) is 4.26. The Morgan fingerprint density at radius 2 is 2.11 bits per heavy atom. The minimum Gasteiger partial charge on any atom is -0.316 e. The van der Waals surface area contributed by atoms with Crippen molar-refractivity contribution in [2.24, 2.45) is 13.0 Å². The Morgan fingerprint density at radius 3 is 2.78 bits per heavy atom. The van der Waals surface area contributed by atoms with Crippen molar-refractivity contribution >= 4 is 24.2 Å². The summed E-state index contributed by atoms with van der Waals surface area (Å²) in [6.07, 6.45) is 7.10. The minimum absolute atomic E-state index is 0.